The molecule has 0 aliphatic rings. The highest BCUT2D eigenvalue weighted by molar-refractivity contribution is 5.88. The van der Waals surface area contributed by atoms with Crippen LogP contribution in [-0.2, 0) is 15.9 Å². The molecule has 1 aromatic carbocycles. The zero-order valence-corrected chi connectivity index (χ0v) is 12.3. The van der Waals surface area contributed by atoms with Crippen LogP contribution in [0.2, 0.25) is 0 Å². The Labute approximate surface area is 120 Å². The number of H-pyrrole nitrogens is 1. The van der Waals surface area contributed by atoms with E-state index in [-0.39, 0.29) is 0 Å². The Morgan fingerprint density at radius 2 is 2.05 bits per heavy atom. The van der Waals surface area contributed by atoms with Crippen LogP contribution in [0.25, 0.3) is 10.9 Å². The fraction of sp³-hybridized carbons (Fsp3) is 0.500. The molecule has 2 aromatic rings. The topological polar surface area (TPSA) is 43.5 Å². The minimum absolute atomic E-state index is 0.339. The maximum Gasteiger partial charge on any atom is 0.146 e. The van der Waals surface area contributed by atoms with Crippen molar-refractivity contribution in [2.24, 2.45) is 0 Å². The highest BCUT2D eigenvalue weighted by atomic mass is 16.7. The van der Waals surface area contributed by atoms with E-state index in [0.717, 1.165) is 42.5 Å². The first-order chi connectivity index (χ1) is 9.86. The van der Waals surface area contributed by atoms with Crippen LogP contribution in [0, 0.1) is 0 Å². The zero-order chi connectivity index (χ0) is 14.2. The second-order valence-corrected chi connectivity index (χ2v) is 4.76. The molecule has 1 heterocycles. The van der Waals surface area contributed by atoms with Gasteiger partial charge in [-0.25, -0.2) is 0 Å². The average molecular weight is 277 g/mol. The lowest BCUT2D eigenvalue weighted by Gasteiger charge is -2.10. The number of aromatic amines is 1. The van der Waals surface area contributed by atoms with Crippen LogP contribution in [-0.4, -0.2) is 32.1 Å². The summed E-state index contributed by atoms with van der Waals surface area (Å²) in [6.07, 6.45) is 5.04. The zero-order valence-electron chi connectivity index (χ0n) is 12.3. The summed E-state index contributed by atoms with van der Waals surface area (Å²) in [4.78, 5) is 3.29. The second kappa shape index (κ2) is 7.92. The summed E-state index contributed by atoms with van der Waals surface area (Å²) in [7, 11) is 1.63. The van der Waals surface area contributed by atoms with Crippen LogP contribution in [0.15, 0.2) is 24.4 Å². The molecule has 0 unspecified atom stereocenters. The molecule has 0 fully saturated rings. The molecule has 4 nitrogen and oxygen atoms in total. The number of rotatable bonds is 9. The van der Waals surface area contributed by atoms with Crippen LogP contribution in [0.1, 0.15) is 25.3 Å². The third-order valence-corrected chi connectivity index (χ3v) is 3.24. The summed E-state index contributed by atoms with van der Waals surface area (Å²) in [5.41, 5.74) is 2.38. The van der Waals surface area contributed by atoms with E-state index in [1.165, 1.54) is 5.56 Å². The predicted octanol–water partition coefficient (Wildman–Crippen LogP) is 3.51. The average Bonchev–Trinajstić information content (AvgIpc) is 2.95. The van der Waals surface area contributed by atoms with Crippen LogP contribution in [0.4, 0.5) is 0 Å². The first-order valence-electron chi connectivity index (χ1n) is 7.15. The second-order valence-electron chi connectivity index (χ2n) is 4.76. The standard InChI is InChI=1S/C16H23NO3/c1-3-4-10-20-15-6-5-13(8-11-19-12-18-2)16-14(15)7-9-17-16/h5-7,9,17H,3-4,8,10-12H2,1-2H3. The molecule has 0 aliphatic carbocycles. The van der Waals surface area contributed by atoms with Gasteiger partial charge in [-0.05, 0) is 30.5 Å². The minimum atomic E-state index is 0.339. The molecule has 20 heavy (non-hydrogen) atoms. The minimum Gasteiger partial charge on any atom is -0.493 e. The predicted molar refractivity (Wildman–Crippen MR) is 80.2 cm³/mol. The van der Waals surface area contributed by atoms with E-state index in [9.17, 15) is 0 Å². The molecule has 2 rings (SSSR count). The maximum absolute atomic E-state index is 5.84. The summed E-state index contributed by atoms with van der Waals surface area (Å²) >= 11 is 0. The fourth-order valence-electron chi connectivity index (χ4n) is 2.17. The van der Waals surface area contributed by atoms with Crippen molar-refractivity contribution in [1.82, 2.24) is 4.98 Å². The summed E-state index contributed by atoms with van der Waals surface area (Å²) in [6, 6.07) is 6.23. The van der Waals surface area contributed by atoms with E-state index in [4.69, 9.17) is 14.2 Å². The molecule has 4 heteroatoms. The van der Waals surface area contributed by atoms with Crippen molar-refractivity contribution in [3.05, 3.63) is 30.0 Å². The van der Waals surface area contributed by atoms with Gasteiger partial charge < -0.3 is 19.2 Å². The highest BCUT2D eigenvalue weighted by Gasteiger charge is 2.08. The van der Waals surface area contributed by atoms with Crippen molar-refractivity contribution in [2.75, 3.05) is 27.1 Å². The summed E-state index contributed by atoms with van der Waals surface area (Å²) in [5.74, 6) is 0.955. The van der Waals surface area contributed by atoms with Gasteiger partial charge in [0.2, 0.25) is 0 Å². The van der Waals surface area contributed by atoms with Crippen LogP contribution in [0.5, 0.6) is 5.75 Å². The third-order valence-electron chi connectivity index (χ3n) is 3.24. The number of aromatic nitrogens is 1. The summed E-state index contributed by atoms with van der Waals surface area (Å²) in [6.45, 7) is 3.93. The number of unbranched alkanes of at least 4 members (excludes halogenated alkanes) is 1. The Morgan fingerprint density at radius 1 is 1.15 bits per heavy atom. The number of nitrogens with one attached hydrogen (secondary N) is 1. The lowest BCUT2D eigenvalue weighted by Crippen LogP contribution is -2.02. The first kappa shape index (κ1) is 14.9. The lowest BCUT2D eigenvalue weighted by molar-refractivity contribution is -0.0290. The third kappa shape index (κ3) is 3.74. The Balaban J connectivity index is 2.06. The molecular weight excluding hydrogens is 254 g/mol. The van der Waals surface area contributed by atoms with Gasteiger partial charge >= 0.3 is 0 Å². The maximum atomic E-state index is 5.84. The molecule has 0 atom stereocenters. The molecule has 0 saturated carbocycles. The fourth-order valence-corrected chi connectivity index (χ4v) is 2.17. The largest absolute Gasteiger partial charge is 0.493 e. The van der Waals surface area contributed by atoms with Gasteiger partial charge in [0, 0.05) is 18.7 Å². The van der Waals surface area contributed by atoms with E-state index in [1.54, 1.807) is 7.11 Å². The monoisotopic (exact) mass is 277 g/mol. The molecule has 1 aromatic heterocycles. The van der Waals surface area contributed by atoms with E-state index < -0.39 is 0 Å². The molecule has 1 N–H and O–H groups in total. The molecule has 0 aliphatic heterocycles. The van der Waals surface area contributed by atoms with Gasteiger partial charge in [-0.15, -0.1) is 0 Å². The normalized spacial score (nSPS) is 11.1. The van der Waals surface area contributed by atoms with Crippen molar-refractivity contribution < 1.29 is 14.2 Å². The lowest BCUT2D eigenvalue weighted by atomic mass is 10.1. The van der Waals surface area contributed by atoms with Gasteiger partial charge in [0.05, 0.1) is 18.7 Å². The Bertz CT molecular complexity index is 521. The number of hydrogen-bond donors (Lipinski definition) is 1. The highest BCUT2D eigenvalue weighted by Crippen LogP contribution is 2.28. The van der Waals surface area contributed by atoms with Crippen LogP contribution < -0.4 is 4.74 Å². The number of benzene rings is 1. The Kier molecular flexibility index (Phi) is 5.89. The van der Waals surface area contributed by atoms with E-state index >= 15 is 0 Å². The van der Waals surface area contributed by atoms with Crippen molar-refractivity contribution in [3.63, 3.8) is 0 Å². The molecule has 0 amide bonds. The smallest absolute Gasteiger partial charge is 0.146 e. The molecule has 110 valence electrons. The number of methoxy groups -OCH3 is 1. The van der Waals surface area contributed by atoms with E-state index in [1.807, 2.05) is 6.20 Å². The number of hydrogen-bond acceptors (Lipinski definition) is 3. The SMILES string of the molecule is CCCCOc1ccc(CCOCOC)c2[nH]ccc12. The van der Waals surface area contributed by atoms with Crippen molar-refractivity contribution in [2.45, 2.75) is 26.2 Å². The molecule has 0 spiro atoms. The van der Waals surface area contributed by atoms with Crippen LogP contribution in [0.3, 0.4) is 0 Å². The summed E-state index contributed by atoms with van der Waals surface area (Å²) < 4.78 is 16.1. The van der Waals surface area contributed by atoms with Gasteiger partial charge in [0.1, 0.15) is 12.5 Å². The van der Waals surface area contributed by atoms with Gasteiger partial charge in [-0.1, -0.05) is 19.4 Å². The number of fused-ring (bicyclic) bond motifs is 1. The van der Waals surface area contributed by atoms with Gasteiger partial charge in [0.15, 0.2) is 0 Å². The van der Waals surface area contributed by atoms with E-state index in [0.29, 0.717) is 13.4 Å². The van der Waals surface area contributed by atoms with Gasteiger partial charge in [0.25, 0.3) is 0 Å². The number of ether oxygens (including phenoxy) is 3. The molecule has 0 bridgehead atoms. The Morgan fingerprint density at radius 3 is 2.85 bits per heavy atom. The quantitative estimate of drug-likeness (QED) is 0.563. The molecule has 0 radical (unpaired) electrons. The Hall–Kier alpha value is -1.52. The molecular formula is C16H23NO3. The van der Waals surface area contributed by atoms with Crippen molar-refractivity contribution in [1.29, 1.82) is 0 Å². The summed E-state index contributed by atoms with van der Waals surface area (Å²) in [5, 5.41) is 1.14. The van der Waals surface area contributed by atoms with Gasteiger partial charge in [-0.3, -0.25) is 0 Å². The van der Waals surface area contributed by atoms with E-state index in [2.05, 4.69) is 30.1 Å². The molecule has 0 saturated heterocycles. The first-order valence-corrected chi connectivity index (χ1v) is 7.15. The van der Waals surface area contributed by atoms with Crippen molar-refractivity contribution >= 4 is 10.9 Å². The van der Waals surface area contributed by atoms with Crippen LogP contribution >= 0.6 is 0 Å². The van der Waals surface area contributed by atoms with Crippen molar-refractivity contribution in [3.8, 4) is 5.75 Å². The van der Waals surface area contributed by atoms with Gasteiger partial charge in [-0.2, -0.15) is 0 Å².